The number of aryl methyl sites for hydroxylation is 1. The Labute approximate surface area is 141 Å². The van der Waals surface area contributed by atoms with Crippen LogP contribution in [0.3, 0.4) is 0 Å². The summed E-state index contributed by atoms with van der Waals surface area (Å²) in [5, 5.41) is 10.4. The van der Waals surface area contributed by atoms with Crippen molar-refractivity contribution in [2.75, 3.05) is 0 Å². The Morgan fingerprint density at radius 1 is 1.18 bits per heavy atom. The van der Waals surface area contributed by atoms with Gasteiger partial charge in [0.25, 0.3) is 0 Å². The van der Waals surface area contributed by atoms with E-state index in [1.165, 1.54) is 0 Å². The molecule has 0 heterocycles. The van der Waals surface area contributed by atoms with Crippen LogP contribution >= 0.6 is 27.7 Å². The fourth-order valence-electron chi connectivity index (χ4n) is 1.95. The Morgan fingerprint density at radius 3 is 2.45 bits per heavy atom. The third-order valence-corrected chi connectivity index (χ3v) is 4.77. The summed E-state index contributed by atoms with van der Waals surface area (Å²) in [6, 6.07) is 14.4. The number of thioether (sulfide) groups is 1. The van der Waals surface area contributed by atoms with Crippen molar-refractivity contribution in [2.45, 2.75) is 23.5 Å². The number of carbonyl (C=O) groups excluding carboxylic acids is 2. The highest BCUT2D eigenvalue weighted by Gasteiger charge is 2.18. The molecule has 0 amide bonds. The Kier molecular flexibility index (Phi) is 5.80. The molecule has 0 saturated carbocycles. The molecule has 0 fully saturated rings. The molecular formula is C17H14BrO3S-. The van der Waals surface area contributed by atoms with Gasteiger partial charge < -0.3 is 9.90 Å². The first-order chi connectivity index (χ1) is 10.5. The minimum Gasteiger partial charge on any atom is -0.549 e. The zero-order valence-electron chi connectivity index (χ0n) is 11.9. The van der Waals surface area contributed by atoms with Gasteiger partial charge in [0.1, 0.15) is 0 Å². The maximum Gasteiger partial charge on any atom is 0.164 e. The number of halogens is 1. The molecular weight excluding hydrogens is 364 g/mol. The highest BCUT2D eigenvalue weighted by molar-refractivity contribution is 9.10. The van der Waals surface area contributed by atoms with E-state index in [-0.39, 0.29) is 12.2 Å². The van der Waals surface area contributed by atoms with E-state index in [1.807, 2.05) is 31.2 Å². The summed E-state index contributed by atoms with van der Waals surface area (Å²) < 4.78 is 0.870. The van der Waals surface area contributed by atoms with Crippen molar-refractivity contribution < 1.29 is 14.7 Å². The maximum atomic E-state index is 12.2. The normalized spacial score (nSPS) is 11.9. The van der Waals surface area contributed by atoms with Crippen LogP contribution in [0.5, 0.6) is 0 Å². The quantitative estimate of drug-likeness (QED) is 0.572. The molecule has 0 bridgehead atoms. The highest BCUT2D eigenvalue weighted by Crippen LogP contribution is 2.27. The summed E-state index contributed by atoms with van der Waals surface area (Å²) in [5.74, 6) is -1.43. The average molecular weight is 378 g/mol. The van der Waals surface area contributed by atoms with E-state index >= 15 is 0 Å². The molecule has 0 N–H and O–H groups in total. The number of carbonyl (C=O) groups is 2. The molecule has 0 saturated heterocycles. The zero-order chi connectivity index (χ0) is 16.1. The van der Waals surface area contributed by atoms with Crippen molar-refractivity contribution in [3.63, 3.8) is 0 Å². The van der Waals surface area contributed by atoms with E-state index in [0.717, 1.165) is 26.7 Å². The van der Waals surface area contributed by atoms with Crippen molar-refractivity contribution in [2.24, 2.45) is 0 Å². The van der Waals surface area contributed by atoms with Crippen LogP contribution in [-0.2, 0) is 4.79 Å². The second-order valence-electron chi connectivity index (χ2n) is 4.88. The lowest BCUT2D eigenvalue weighted by atomic mass is 10.1. The Morgan fingerprint density at radius 2 is 1.86 bits per heavy atom. The second-order valence-corrected chi connectivity index (χ2v) is 7.07. The molecule has 1 atom stereocenters. The number of Topliss-reactive ketones (excluding diaryl/α,β-unsaturated/α-hetero) is 1. The molecule has 3 nitrogen and oxygen atoms in total. The van der Waals surface area contributed by atoms with E-state index < -0.39 is 11.2 Å². The lowest BCUT2D eigenvalue weighted by molar-refractivity contribution is -0.304. The summed E-state index contributed by atoms with van der Waals surface area (Å²) in [5.41, 5.74) is 1.54. The molecule has 0 aromatic heterocycles. The van der Waals surface area contributed by atoms with Gasteiger partial charge in [-0.3, -0.25) is 4.79 Å². The molecule has 0 unspecified atom stereocenters. The summed E-state index contributed by atoms with van der Waals surface area (Å²) in [6.45, 7) is 1.94. The van der Waals surface area contributed by atoms with Crippen LogP contribution in [0.1, 0.15) is 22.3 Å². The molecule has 2 aromatic rings. The minimum atomic E-state index is -1.23. The first-order valence-corrected chi connectivity index (χ1v) is 8.36. The van der Waals surface area contributed by atoms with E-state index in [2.05, 4.69) is 15.9 Å². The first-order valence-electron chi connectivity index (χ1n) is 6.68. The van der Waals surface area contributed by atoms with Gasteiger partial charge in [-0.1, -0.05) is 45.8 Å². The van der Waals surface area contributed by atoms with Crippen LogP contribution < -0.4 is 5.11 Å². The lowest BCUT2D eigenvalue weighted by Gasteiger charge is -2.17. The number of rotatable bonds is 6. The van der Waals surface area contributed by atoms with Crippen LogP contribution in [0.15, 0.2) is 57.9 Å². The molecule has 0 aliphatic rings. The molecule has 0 spiro atoms. The van der Waals surface area contributed by atoms with Crippen molar-refractivity contribution >= 4 is 39.4 Å². The van der Waals surface area contributed by atoms with E-state index in [1.54, 1.807) is 24.3 Å². The smallest absolute Gasteiger partial charge is 0.164 e. The van der Waals surface area contributed by atoms with Gasteiger partial charge >= 0.3 is 0 Å². The predicted molar refractivity (Wildman–Crippen MR) is 88.9 cm³/mol. The number of benzene rings is 2. The minimum absolute atomic E-state index is 0.0947. The number of carboxylic acid groups (broad SMARTS) is 1. The standard InChI is InChI=1S/C17H15BrO3S/c1-11-3-2-4-14(9-11)22-16(17(20)21)10-15(19)12-5-7-13(18)8-6-12/h2-9,16H,10H2,1H3,(H,20,21)/p-1/t16-/m1/s1. The summed E-state index contributed by atoms with van der Waals surface area (Å²) >= 11 is 4.45. The van der Waals surface area contributed by atoms with Gasteiger partial charge in [0.15, 0.2) is 5.78 Å². The summed E-state index contributed by atoms with van der Waals surface area (Å²) in [6.07, 6.45) is -0.0947. The molecule has 0 radical (unpaired) electrons. The molecule has 114 valence electrons. The van der Waals surface area contributed by atoms with Crippen molar-refractivity contribution in [1.82, 2.24) is 0 Å². The third-order valence-electron chi connectivity index (χ3n) is 3.07. The maximum absolute atomic E-state index is 12.2. The van der Waals surface area contributed by atoms with Gasteiger partial charge in [0.05, 0.1) is 11.2 Å². The third kappa shape index (κ3) is 4.71. The van der Waals surface area contributed by atoms with Crippen molar-refractivity contribution in [1.29, 1.82) is 0 Å². The highest BCUT2D eigenvalue weighted by atomic mass is 79.9. The molecule has 2 rings (SSSR count). The molecule has 0 aliphatic carbocycles. The number of ketones is 1. The van der Waals surface area contributed by atoms with Crippen molar-refractivity contribution in [3.8, 4) is 0 Å². The lowest BCUT2D eigenvalue weighted by Crippen LogP contribution is -2.35. The molecule has 0 aliphatic heterocycles. The SMILES string of the molecule is Cc1cccc(S[C@H](CC(=O)c2ccc(Br)cc2)C(=O)[O-])c1. The van der Waals surface area contributed by atoms with Gasteiger partial charge in [0, 0.05) is 21.4 Å². The number of carboxylic acids is 1. The van der Waals surface area contributed by atoms with Gasteiger partial charge in [-0.2, -0.15) is 0 Å². The fraction of sp³-hybridized carbons (Fsp3) is 0.176. The largest absolute Gasteiger partial charge is 0.549 e. The zero-order valence-corrected chi connectivity index (χ0v) is 14.3. The Hall–Kier alpha value is -1.59. The molecule has 22 heavy (non-hydrogen) atoms. The topological polar surface area (TPSA) is 57.2 Å². The molecule has 2 aromatic carbocycles. The number of hydrogen-bond acceptors (Lipinski definition) is 4. The summed E-state index contributed by atoms with van der Waals surface area (Å²) in [4.78, 5) is 24.3. The van der Waals surface area contributed by atoms with E-state index in [9.17, 15) is 14.7 Å². The van der Waals surface area contributed by atoms with Crippen LogP contribution in [0.25, 0.3) is 0 Å². The van der Waals surface area contributed by atoms with E-state index in [0.29, 0.717) is 5.56 Å². The average Bonchev–Trinajstić information content (AvgIpc) is 2.47. The van der Waals surface area contributed by atoms with Crippen LogP contribution in [0, 0.1) is 6.92 Å². The predicted octanol–water partition coefficient (Wildman–Crippen LogP) is 3.24. The summed E-state index contributed by atoms with van der Waals surface area (Å²) in [7, 11) is 0. The number of hydrogen-bond donors (Lipinski definition) is 0. The monoisotopic (exact) mass is 377 g/mol. The van der Waals surface area contributed by atoms with Crippen LogP contribution in [-0.4, -0.2) is 17.0 Å². The van der Waals surface area contributed by atoms with Gasteiger partial charge in [0.2, 0.25) is 0 Å². The number of aliphatic carboxylic acids is 1. The second kappa shape index (κ2) is 7.61. The van der Waals surface area contributed by atoms with E-state index in [4.69, 9.17) is 0 Å². The fourth-order valence-corrected chi connectivity index (χ4v) is 3.28. The Bertz CT molecular complexity index is 683. The molecule has 5 heteroatoms. The van der Waals surface area contributed by atoms with Crippen LogP contribution in [0.4, 0.5) is 0 Å². The van der Waals surface area contributed by atoms with Crippen LogP contribution in [0.2, 0.25) is 0 Å². The van der Waals surface area contributed by atoms with Gasteiger partial charge in [-0.05, 0) is 31.2 Å². The first kappa shape index (κ1) is 16.8. The van der Waals surface area contributed by atoms with Crippen molar-refractivity contribution in [3.05, 3.63) is 64.1 Å². The van der Waals surface area contributed by atoms with Gasteiger partial charge in [-0.15, -0.1) is 11.8 Å². The van der Waals surface area contributed by atoms with Gasteiger partial charge in [-0.25, -0.2) is 0 Å². The Balaban J connectivity index is 2.10.